The van der Waals surface area contributed by atoms with Gasteiger partial charge in [-0.05, 0) is 19.1 Å². The molecule has 0 radical (unpaired) electrons. The Bertz CT molecular complexity index is 618. The molecule has 0 aliphatic heterocycles. The van der Waals surface area contributed by atoms with Crippen molar-refractivity contribution >= 4 is 0 Å². The Morgan fingerprint density at radius 3 is 2.79 bits per heavy atom. The first-order valence-electron chi connectivity index (χ1n) is 6.44. The Morgan fingerprint density at radius 2 is 2.11 bits per heavy atom. The molecule has 4 nitrogen and oxygen atoms in total. The van der Waals surface area contributed by atoms with E-state index in [1.807, 2.05) is 45.0 Å². The number of hydrogen-bond acceptors (Lipinski definition) is 3. The van der Waals surface area contributed by atoms with Gasteiger partial charge in [0.1, 0.15) is 11.6 Å². The summed E-state index contributed by atoms with van der Waals surface area (Å²) in [6.45, 7) is 6.55. The molecule has 0 unspecified atom stereocenters. The quantitative estimate of drug-likeness (QED) is 0.917. The summed E-state index contributed by atoms with van der Waals surface area (Å²) in [4.78, 5) is 18.9. The molecule has 2 rings (SSSR count). The molecule has 0 amide bonds. The van der Waals surface area contributed by atoms with Crippen molar-refractivity contribution in [2.24, 2.45) is 0 Å². The lowest BCUT2D eigenvalue weighted by atomic mass is 10.1. The van der Waals surface area contributed by atoms with E-state index >= 15 is 0 Å². The maximum atomic E-state index is 11.7. The van der Waals surface area contributed by atoms with Gasteiger partial charge in [0.15, 0.2) is 0 Å². The van der Waals surface area contributed by atoms with Crippen LogP contribution in [-0.4, -0.2) is 16.6 Å². The highest BCUT2D eigenvalue weighted by atomic mass is 16.5. The van der Waals surface area contributed by atoms with E-state index in [0.717, 1.165) is 11.3 Å². The molecule has 0 saturated heterocycles. The second-order valence-electron chi connectivity index (χ2n) is 4.63. The SMILES string of the molecule is CCOc1cccc(-c2cc(=O)[nH]c(C(C)C)n2)c1. The lowest BCUT2D eigenvalue weighted by Crippen LogP contribution is -2.12. The number of hydrogen-bond donors (Lipinski definition) is 1. The molecule has 0 saturated carbocycles. The number of nitrogens with one attached hydrogen (secondary N) is 1. The second-order valence-corrected chi connectivity index (χ2v) is 4.63. The van der Waals surface area contributed by atoms with Crippen LogP contribution in [0.25, 0.3) is 11.3 Å². The molecule has 0 aliphatic carbocycles. The van der Waals surface area contributed by atoms with Gasteiger partial charge < -0.3 is 9.72 Å². The topological polar surface area (TPSA) is 55.0 Å². The molecule has 2 aromatic rings. The van der Waals surface area contributed by atoms with Gasteiger partial charge in [0.2, 0.25) is 0 Å². The van der Waals surface area contributed by atoms with Crippen molar-refractivity contribution in [1.29, 1.82) is 0 Å². The Morgan fingerprint density at radius 1 is 1.32 bits per heavy atom. The van der Waals surface area contributed by atoms with E-state index in [-0.39, 0.29) is 11.5 Å². The van der Waals surface area contributed by atoms with Crippen LogP contribution in [0.5, 0.6) is 5.75 Å². The Hall–Kier alpha value is -2.10. The van der Waals surface area contributed by atoms with Gasteiger partial charge in [0.25, 0.3) is 5.56 Å². The molecule has 0 spiro atoms. The van der Waals surface area contributed by atoms with Crippen molar-refractivity contribution < 1.29 is 4.74 Å². The first-order chi connectivity index (χ1) is 9.10. The Kier molecular flexibility index (Phi) is 4.00. The number of benzene rings is 1. The highest BCUT2D eigenvalue weighted by molar-refractivity contribution is 5.60. The molecule has 19 heavy (non-hydrogen) atoms. The number of nitrogens with zero attached hydrogens (tertiary/aromatic N) is 1. The standard InChI is InChI=1S/C15H18N2O2/c1-4-19-12-7-5-6-11(8-12)13-9-14(18)17-15(16-13)10(2)3/h5-10H,4H2,1-3H3,(H,16,17,18). The highest BCUT2D eigenvalue weighted by Gasteiger charge is 2.07. The molecule has 0 bridgehead atoms. The molecule has 0 aliphatic rings. The number of aromatic nitrogens is 2. The van der Waals surface area contributed by atoms with E-state index in [1.54, 1.807) is 0 Å². The zero-order chi connectivity index (χ0) is 13.8. The summed E-state index contributed by atoms with van der Waals surface area (Å²) in [5.41, 5.74) is 1.43. The second kappa shape index (κ2) is 5.69. The third-order valence-electron chi connectivity index (χ3n) is 2.75. The number of aromatic amines is 1. The summed E-state index contributed by atoms with van der Waals surface area (Å²) < 4.78 is 5.46. The van der Waals surface area contributed by atoms with Gasteiger partial charge in [-0.15, -0.1) is 0 Å². The fourth-order valence-electron chi connectivity index (χ4n) is 1.81. The van der Waals surface area contributed by atoms with E-state index in [1.165, 1.54) is 6.07 Å². The molecular formula is C15H18N2O2. The van der Waals surface area contributed by atoms with Crippen LogP contribution >= 0.6 is 0 Å². The van der Waals surface area contributed by atoms with E-state index in [4.69, 9.17) is 4.74 Å². The van der Waals surface area contributed by atoms with Crippen LogP contribution in [-0.2, 0) is 0 Å². The van der Waals surface area contributed by atoms with E-state index in [0.29, 0.717) is 18.1 Å². The monoisotopic (exact) mass is 258 g/mol. The molecule has 0 atom stereocenters. The number of H-pyrrole nitrogens is 1. The molecular weight excluding hydrogens is 240 g/mol. The smallest absolute Gasteiger partial charge is 0.251 e. The summed E-state index contributed by atoms with van der Waals surface area (Å²) in [7, 11) is 0. The predicted octanol–water partition coefficient (Wildman–Crippen LogP) is 2.96. The van der Waals surface area contributed by atoms with Crippen LogP contribution in [0.1, 0.15) is 32.5 Å². The maximum Gasteiger partial charge on any atom is 0.251 e. The first kappa shape index (κ1) is 13.3. The average Bonchev–Trinajstić information content (AvgIpc) is 2.38. The minimum atomic E-state index is -0.129. The number of ether oxygens (including phenoxy) is 1. The van der Waals surface area contributed by atoms with Crippen LogP contribution in [0.3, 0.4) is 0 Å². The summed E-state index contributed by atoms with van der Waals surface area (Å²) in [6, 6.07) is 9.13. The van der Waals surface area contributed by atoms with Crippen molar-refractivity contribution in [3.63, 3.8) is 0 Å². The summed E-state index contributed by atoms with van der Waals surface area (Å²) in [5, 5.41) is 0. The molecule has 100 valence electrons. The van der Waals surface area contributed by atoms with Gasteiger partial charge in [-0.3, -0.25) is 4.79 Å². The molecule has 1 heterocycles. The van der Waals surface area contributed by atoms with Gasteiger partial charge in [-0.2, -0.15) is 0 Å². The minimum absolute atomic E-state index is 0.129. The summed E-state index contributed by atoms with van der Waals surface area (Å²) in [5.74, 6) is 1.67. The zero-order valence-corrected chi connectivity index (χ0v) is 11.4. The molecule has 1 aromatic carbocycles. The third-order valence-corrected chi connectivity index (χ3v) is 2.75. The Labute approximate surface area is 112 Å². The van der Waals surface area contributed by atoms with E-state index in [2.05, 4.69) is 9.97 Å². The predicted molar refractivity (Wildman–Crippen MR) is 75.6 cm³/mol. The van der Waals surface area contributed by atoms with Crippen LogP contribution in [0.2, 0.25) is 0 Å². The fraction of sp³-hybridized carbons (Fsp3) is 0.333. The van der Waals surface area contributed by atoms with Crippen LogP contribution < -0.4 is 10.3 Å². The van der Waals surface area contributed by atoms with Crippen molar-refractivity contribution in [1.82, 2.24) is 9.97 Å². The Balaban J connectivity index is 2.46. The van der Waals surface area contributed by atoms with Crippen LogP contribution in [0.15, 0.2) is 35.1 Å². The third kappa shape index (κ3) is 3.22. The van der Waals surface area contributed by atoms with Crippen molar-refractivity contribution in [2.75, 3.05) is 6.61 Å². The van der Waals surface area contributed by atoms with Crippen molar-refractivity contribution in [3.05, 3.63) is 46.5 Å². The largest absolute Gasteiger partial charge is 0.494 e. The normalized spacial score (nSPS) is 10.7. The van der Waals surface area contributed by atoms with Gasteiger partial charge >= 0.3 is 0 Å². The van der Waals surface area contributed by atoms with Gasteiger partial charge in [0.05, 0.1) is 12.3 Å². The van der Waals surface area contributed by atoms with Gasteiger partial charge in [0, 0.05) is 17.5 Å². The van der Waals surface area contributed by atoms with Crippen molar-refractivity contribution in [2.45, 2.75) is 26.7 Å². The molecule has 0 fully saturated rings. The van der Waals surface area contributed by atoms with Gasteiger partial charge in [-0.25, -0.2) is 4.98 Å². The minimum Gasteiger partial charge on any atom is -0.494 e. The number of rotatable bonds is 4. The van der Waals surface area contributed by atoms with Crippen LogP contribution in [0.4, 0.5) is 0 Å². The summed E-state index contributed by atoms with van der Waals surface area (Å²) in [6.07, 6.45) is 0. The molecule has 4 heteroatoms. The summed E-state index contributed by atoms with van der Waals surface area (Å²) >= 11 is 0. The van der Waals surface area contributed by atoms with E-state index in [9.17, 15) is 4.79 Å². The maximum absolute atomic E-state index is 11.7. The van der Waals surface area contributed by atoms with Crippen LogP contribution in [0, 0.1) is 0 Å². The zero-order valence-electron chi connectivity index (χ0n) is 11.4. The average molecular weight is 258 g/mol. The highest BCUT2D eigenvalue weighted by Crippen LogP contribution is 2.22. The molecule has 1 N–H and O–H groups in total. The lowest BCUT2D eigenvalue weighted by Gasteiger charge is -2.08. The van der Waals surface area contributed by atoms with Gasteiger partial charge in [-0.1, -0.05) is 26.0 Å². The molecule has 1 aromatic heterocycles. The van der Waals surface area contributed by atoms with Crippen molar-refractivity contribution in [3.8, 4) is 17.0 Å². The van der Waals surface area contributed by atoms with E-state index < -0.39 is 0 Å². The lowest BCUT2D eigenvalue weighted by molar-refractivity contribution is 0.340. The first-order valence-corrected chi connectivity index (χ1v) is 6.44. The fourth-order valence-corrected chi connectivity index (χ4v) is 1.81.